The van der Waals surface area contributed by atoms with E-state index in [-0.39, 0.29) is 0 Å². The quantitative estimate of drug-likeness (QED) is 0.378. The minimum absolute atomic E-state index is 0.478. The van der Waals surface area contributed by atoms with E-state index in [4.69, 9.17) is 0 Å². The molecule has 0 aliphatic heterocycles. The van der Waals surface area contributed by atoms with Crippen LogP contribution in [0.15, 0.2) is 11.6 Å². The van der Waals surface area contributed by atoms with Gasteiger partial charge in [0, 0.05) is 0 Å². The normalized spacial score (nSPS) is 54.6. The lowest BCUT2D eigenvalue weighted by molar-refractivity contribution is -0.156. The van der Waals surface area contributed by atoms with Crippen LogP contribution < -0.4 is 0 Å². The molecule has 170 valence electrons. The molecule has 5 aliphatic carbocycles. The van der Waals surface area contributed by atoms with E-state index >= 15 is 0 Å². The fraction of sp³-hybridized carbons (Fsp3) is 0.933. The first-order valence-corrected chi connectivity index (χ1v) is 13.6. The molecule has 0 aromatic carbocycles. The molecule has 0 radical (unpaired) electrons. The molecule has 0 aromatic rings. The third kappa shape index (κ3) is 2.46. The predicted molar refractivity (Wildman–Crippen MR) is 129 cm³/mol. The second-order valence-corrected chi connectivity index (χ2v) is 14.6. The van der Waals surface area contributed by atoms with Crippen LogP contribution in [-0.4, -0.2) is 0 Å². The minimum atomic E-state index is 0.478. The summed E-state index contributed by atoms with van der Waals surface area (Å²) in [4.78, 5) is 0. The number of hydrogen-bond donors (Lipinski definition) is 0. The summed E-state index contributed by atoms with van der Waals surface area (Å²) >= 11 is 0. The molecule has 0 aromatic heterocycles. The van der Waals surface area contributed by atoms with Gasteiger partial charge in [-0.25, -0.2) is 0 Å². The highest BCUT2D eigenvalue weighted by Crippen LogP contribution is 2.76. The lowest BCUT2D eigenvalue weighted by Crippen LogP contribution is -2.61. The van der Waals surface area contributed by atoms with Crippen LogP contribution in [0.1, 0.15) is 120 Å². The number of allylic oxidation sites excluding steroid dienone is 2. The molecule has 0 bridgehead atoms. The molecular weight excluding hydrogens is 360 g/mol. The van der Waals surface area contributed by atoms with E-state index in [0.29, 0.717) is 27.1 Å². The molecule has 4 fully saturated rings. The van der Waals surface area contributed by atoms with E-state index < -0.39 is 0 Å². The first-order chi connectivity index (χ1) is 13.9. The molecule has 0 amide bonds. The molecule has 0 heterocycles. The van der Waals surface area contributed by atoms with Crippen molar-refractivity contribution in [3.63, 3.8) is 0 Å². The maximum absolute atomic E-state index is 2.86. The summed E-state index contributed by atoms with van der Waals surface area (Å²) in [6.07, 6.45) is 17.4. The number of rotatable bonds is 1. The van der Waals surface area contributed by atoms with E-state index in [0.717, 1.165) is 29.6 Å². The maximum Gasteiger partial charge on any atom is -0.00801 e. The van der Waals surface area contributed by atoms with Crippen LogP contribution in [0.3, 0.4) is 0 Å². The Balaban J connectivity index is 1.56. The van der Waals surface area contributed by atoms with Crippen LogP contribution in [-0.2, 0) is 0 Å². The van der Waals surface area contributed by atoms with Crippen molar-refractivity contribution in [3.05, 3.63) is 11.6 Å². The van der Waals surface area contributed by atoms with Gasteiger partial charge in [-0.1, -0.05) is 73.5 Å². The van der Waals surface area contributed by atoms with Crippen molar-refractivity contribution in [2.45, 2.75) is 120 Å². The molecule has 0 heteroatoms. The van der Waals surface area contributed by atoms with Gasteiger partial charge in [0.15, 0.2) is 0 Å². The Kier molecular flexibility index (Phi) is 4.61. The van der Waals surface area contributed by atoms with Gasteiger partial charge in [-0.05, 0) is 114 Å². The fourth-order valence-corrected chi connectivity index (χ4v) is 11.3. The summed E-state index contributed by atoms with van der Waals surface area (Å²) in [6, 6.07) is 0. The summed E-state index contributed by atoms with van der Waals surface area (Å²) in [6.45, 7) is 21.1. The molecule has 4 saturated carbocycles. The van der Waals surface area contributed by atoms with Gasteiger partial charge < -0.3 is 0 Å². The monoisotopic (exact) mass is 410 g/mol. The Morgan fingerprint density at radius 3 is 2.17 bits per heavy atom. The van der Waals surface area contributed by atoms with Gasteiger partial charge in [0.1, 0.15) is 0 Å². The van der Waals surface area contributed by atoms with Crippen molar-refractivity contribution < 1.29 is 0 Å². The van der Waals surface area contributed by atoms with Gasteiger partial charge in [0.05, 0.1) is 0 Å². The van der Waals surface area contributed by atoms with Crippen molar-refractivity contribution in [1.29, 1.82) is 0 Å². The molecule has 5 rings (SSSR count). The molecule has 0 nitrogen and oxygen atoms in total. The van der Waals surface area contributed by atoms with Gasteiger partial charge in [-0.3, -0.25) is 0 Å². The largest absolute Gasteiger partial charge is 0.0839 e. The van der Waals surface area contributed by atoms with Crippen molar-refractivity contribution in [2.75, 3.05) is 0 Å². The second-order valence-electron chi connectivity index (χ2n) is 14.6. The van der Waals surface area contributed by atoms with Crippen LogP contribution in [0.4, 0.5) is 0 Å². The Bertz CT molecular complexity index is 741. The van der Waals surface area contributed by atoms with Crippen LogP contribution in [0.25, 0.3) is 0 Å². The highest BCUT2D eigenvalue weighted by Gasteiger charge is 2.67. The zero-order chi connectivity index (χ0) is 21.7. The average molecular weight is 411 g/mol. The van der Waals surface area contributed by atoms with E-state index in [9.17, 15) is 0 Å². The van der Waals surface area contributed by atoms with Crippen LogP contribution in [0.5, 0.6) is 0 Å². The van der Waals surface area contributed by atoms with E-state index in [1.807, 2.05) is 5.57 Å². The lowest BCUT2D eigenvalue weighted by Gasteiger charge is -2.69. The molecule has 0 spiro atoms. The van der Waals surface area contributed by atoms with Gasteiger partial charge >= 0.3 is 0 Å². The standard InChI is InChI=1S/C30H50/c1-20(2)21-10-13-25-28(21,6)18-19-29(7)23-11-12-24-26(3,4)15-9-16-27(24,5)22(23)14-17-30(25,29)8/h14,20-21,23-25H,9-13,15-19H2,1-8H3/t21-,23?,24?,25-,27-,28-,29-,30+/m1/s1. The fourth-order valence-electron chi connectivity index (χ4n) is 11.3. The van der Waals surface area contributed by atoms with Gasteiger partial charge in [0.25, 0.3) is 0 Å². The van der Waals surface area contributed by atoms with E-state index in [1.54, 1.807) is 0 Å². The van der Waals surface area contributed by atoms with Crippen LogP contribution in [0, 0.1) is 56.7 Å². The van der Waals surface area contributed by atoms with Crippen molar-refractivity contribution in [2.24, 2.45) is 56.7 Å². The Hall–Kier alpha value is -0.260. The predicted octanol–water partition coefficient (Wildman–Crippen LogP) is 9.05. The summed E-state index contributed by atoms with van der Waals surface area (Å²) in [5.41, 5.74) is 4.55. The highest BCUT2D eigenvalue weighted by molar-refractivity contribution is 5.32. The lowest BCUT2D eigenvalue weighted by atomic mass is 9.36. The molecule has 30 heavy (non-hydrogen) atoms. The molecule has 8 atom stereocenters. The summed E-state index contributed by atoms with van der Waals surface area (Å²) in [7, 11) is 0. The Morgan fingerprint density at radius 2 is 1.47 bits per heavy atom. The van der Waals surface area contributed by atoms with Crippen molar-refractivity contribution >= 4 is 0 Å². The maximum atomic E-state index is 2.86. The molecular formula is C30H50. The third-order valence-electron chi connectivity index (χ3n) is 13.0. The SMILES string of the molecule is CC(C)[C@H]1CC[C@@H]2[C@]1(C)CC[C@]1(C)C3CCC4C(C)(C)CCC[C@]4(C)C3=CC[C@@]21C. The Morgan fingerprint density at radius 1 is 0.767 bits per heavy atom. The third-order valence-corrected chi connectivity index (χ3v) is 13.0. The molecule has 2 unspecified atom stereocenters. The van der Waals surface area contributed by atoms with E-state index in [2.05, 4.69) is 61.5 Å². The van der Waals surface area contributed by atoms with Crippen LogP contribution >= 0.6 is 0 Å². The molecule has 0 saturated heterocycles. The topological polar surface area (TPSA) is 0 Å². The Labute approximate surface area is 188 Å². The smallest absolute Gasteiger partial charge is 0.00801 e. The molecule has 0 N–H and O–H groups in total. The summed E-state index contributed by atoms with van der Waals surface area (Å²) in [5, 5.41) is 0. The minimum Gasteiger partial charge on any atom is -0.0839 e. The van der Waals surface area contributed by atoms with Crippen molar-refractivity contribution in [1.82, 2.24) is 0 Å². The average Bonchev–Trinajstić information content (AvgIpc) is 3.01. The molecule has 5 aliphatic rings. The van der Waals surface area contributed by atoms with E-state index in [1.165, 1.54) is 64.2 Å². The van der Waals surface area contributed by atoms with Crippen molar-refractivity contribution in [3.8, 4) is 0 Å². The van der Waals surface area contributed by atoms with Gasteiger partial charge in [-0.2, -0.15) is 0 Å². The van der Waals surface area contributed by atoms with Crippen LogP contribution in [0.2, 0.25) is 0 Å². The number of hydrogen-bond acceptors (Lipinski definition) is 0. The zero-order valence-corrected chi connectivity index (χ0v) is 21.5. The highest BCUT2D eigenvalue weighted by atomic mass is 14.7. The first-order valence-electron chi connectivity index (χ1n) is 13.6. The number of fused-ring (bicyclic) bond motifs is 7. The zero-order valence-electron chi connectivity index (χ0n) is 21.5. The summed E-state index contributed by atoms with van der Waals surface area (Å²) < 4.78 is 0. The second kappa shape index (κ2) is 6.41. The summed E-state index contributed by atoms with van der Waals surface area (Å²) in [5.74, 6) is 4.49. The van der Waals surface area contributed by atoms with Gasteiger partial charge in [0.2, 0.25) is 0 Å². The van der Waals surface area contributed by atoms with Gasteiger partial charge in [-0.15, -0.1) is 0 Å². The first kappa shape index (κ1) is 21.6.